The van der Waals surface area contributed by atoms with E-state index in [1.165, 1.54) is 31.4 Å². The molecule has 36 heavy (non-hydrogen) atoms. The number of ether oxygens (including phenoxy) is 2. The van der Waals surface area contributed by atoms with Crippen LogP contribution in [0, 0.1) is 22.7 Å². The Bertz CT molecular complexity index is 1180. The third-order valence-electron chi connectivity index (χ3n) is 6.47. The van der Waals surface area contributed by atoms with Gasteiger partial charge in [-0.15, -0.1) is 11.3 Å². The minimum Gasteiger partial charge on any atom is -0.497 e. The number of hydrogen-bond acceptors (Lipinski definition) is 7. The number of carbonyl (C=O) groups is 2. The fourth-order valence-corrected chi connectivity index (χ4v) is 5.56. The molecule has 0 unspecified atom stereocenters. The van der Waals surface area contributed by atoms with Gasteiger partial charge in [0.1, 0.15) is 16.8 Å². The van der Waals surface area contributed by atoms with Gasteiger partial charge in [-0.2, -0.15) is 18.4 Å². The van der Waals surface area contributed by atoms with Crippen LogP contribution in [0.1, 0.15) is 53.6 Å². The molecule has 0 saturated carbocycles. The Morgan fingerprint density at radius 1 is 1.14 bits per heavy atom. The second-order valence-corrected chi connectivity index (χ2v) is 10.8. The van der Waals surface area contributed by atoms with Crippen LogP contribution >= 0.6 is 11.3 Å². The van der Waals surface area contributed by atoms with Crippen LogP contribution in [0.5, 0.6) is 5.75 Å². The highest BCUT2D eigenvalue weighted by molar-refractivity contribution is 7.16. The summed E-state index contributed by atoms with van der Waals surface area (Å²) in [7, 11) is 2.20. The van der Waals surface area contributed by atoms with Crippen LogP contribution in [-0.4, -0.2) is 37.9 Å². The molecule has 1 aromatic carbocycles. The molecule has 1 aliphatic rings. The summed E-state index contributed by atoms with van der Waals surface area (Å²) in [5.74, 6) is -2.25. The van der Waals surface area contributed by atoms with Crippen molar-refractivity contribution in [3.8, 4) is 11.8 Å². The van der Waals surface area contributed by atoms with Crippen molar-refractivity contribution in [1.82, 2.24) is 5.32 Å². The number of benzene rings is 1. The van der Waals surface area contributed by atoms with Crippen molar-refractivity contribution in [2.45, 2.75) is 51.9 Å². The van der Waals surface area contributed by atoms with Gasteiger partial charge in [0, 0.05) is 10.4 Å². The van der Waals surface area contributed by atoms with Crippen molar-refractivity contribution in [1.29, 1.82) is 5.26 Å². The molecule has 1 aliphatic carbocycles. The van der Waals surface area contributed by atoms with Crippen molar-refractivity contribution in [3.63, 3.8) is 0 Å². The number of nitriles is 1. The summed E-state index contributed by atoms with van der Waals surface area (Å²) < 4.78 is 53.2. The number of nitrogens with zero attached hydrogens (tertiary/aromatic N) is 1. The Hall–Kier alpha value is -3.26. The van der Waals surface area contributed by atoms with Gasteiger partial charge >= 0.3 is 17.8 Å². The lowest BCUT2D eigenvalue weighted by atomic mass is 9.72. The highest BCUT2D eigenvalue weighted by Gasteiger charge is 2.64. The zero-order chi connectivity index (χ0) is 26.9. The summed E-state index contributed by atoms with van der Waals surface area (Å²) in [6, 6.07) is 7.33. The largest absolute Gasteiger partial charge is 0.497 e. The quantitative estimate of drug-likeness (QED) is 0.406. The summed E-state index contributed by atoms with van der Waals surface area (Å²) in [6.07, 6.45) is -3.38. The van der Waals surface area contributed by atoms with E-state index in [4.69, 9.17) is 4.74 Å². The van der Waals surface area contributed by atoms with Crippen molar-refractivity contribution >= 4 is 28.2 Å². The van der Waals surface area contributed by atoms with Gasteiger partial charge in [-0.1, -0.05) is 20.8 Å². The first-order chi connectivity index (χ1) is 16.8. The van der Waals surface area contributed by atoms with Gasteiger partial charge in [0.05, 0.1) is 19.8 Å². The Morgan fingerprint density at radius 2 is 1.78 bits per heavy atom. The number of anilines is 1. The zero-order valence-electron chi connectivity index (χ0n) is 20.6. The molecule has 2 aromatic rings. The lowest BCUT2D eigenvalue weighted by molar-refractivity contribution is -0.203. The molecule has 11 heteroatoms. The number of amides is 1. The van der Waals surface area contributed by atoms with Crippen LogP contribution in [0.4, 0.5) is 18.2 Å². The van der Waals surface area contributed by atoms with Gasteiger partial charge in [-0.05, 0) is 60.4 Å². The van der Waals surface area contributed by atoms with Gasteiger partial charge < -0.3 is 20.1 Å². The highest BCUT2D eigenvalue weighted by atomic mass is 32.1. The maximum absolute atomic E-state index is 14.6. The molecule has 1 heterocycles. The molecule has 0 bridgehead atoms. The minimum atomic E-state index is -5.31. The van der Waals surface area contributed by atoms with Crippen molar-refractivity contribution in [2.24, 2.45) is 11.3 Å². The number of fused-ring (bicyclic) bond motifs is 1. The molecule has 194 valence electrons. The molecule has 0 saturated heterocycles. The first-order valence-electron chi connectivity index (χ1n) is 11.2. The Labute approximate surface area is 211 Å². The van der Waals surface area contributed by atoms with E-state index >= 15 is 0 Å². The van der Waals surface area contributed by atoms with Crippen LogP contribution in [0.2, 0.25) is 0 Å². The molecule has 0 aliphatic heterocycles. The third-order valence-corrected chi connectivity index (χ3v) is 7.64. The molecule has 0 fully saturated rings. The summed E-state index contributed by atoms with van der Waals surface area (Å²) >= 11 is 0.996. The number of hydrogen-bond donors (Lipinski definition) is 2. The SMILES string of the molecule is COC(=O)[C@@](NC(=O)c1ccc(OC)cc1)(Nc1sc2c(c1C#N)CC[C@@H](C(C)(C)C)C2)C(F)(F)F. The lowest BCUT2D eigenvalue weighted by Crippen LogP contribution is -2.69. The second-order valence-electron chi connectivity index (χ2n) is 9.67. The molecule has 1 amide bonds. The van der Waals surface area contributed by atoms with Crippen LogP contribution in [0.25, 0.3) is 0 Å². The monoisotopic (exact) mass is 523 g/mol. The highest BCUT2D eigenvalue weighted by Crippen LogP contribution is 2.45. The number of nitrogens with one attached hydrogen (secondary N) is 2. The van der Waals surface area contributed by atoms with Crippen LogP contribution in [0.15, 0.2) is 24.3 Å². The van der Waals surface area contributed by atoms with Crippen LogP contribution in [-0.2, 0) is 22.4 Å². The summed E-state index contributed by atoms with van der Waals surface area (Å²) in [5.41, 5.74) is -3.06. The molecule has 1 aromatic heterocycles. The predicted molar refractivity (Wildman–Crippen MR) is 129 cm³/mol. The molecular weight excluding hydrogens is 495 g/mol. The van der Waals surface area contributed by atoms with Gasteiger partial charge in [0.2, 0.25) is 0 Å². The number of rotatable bonds is 6. The molecule has 7 nitrogen and oxygen atoms in total. The Kier molecular flexibility index (Phi) is 7.60. The topological polar surface area (TPSA) is 100 Å². The maximum Gasteiger partial charge on any atom is 0.441 e. The lowest BCUT2D eigenvalue weighted by Gasteiger charge is -2.34. The molecule has 2 atom stereocenters. The van der Waals surface area contributed by atoms with E-state index < -0.39 is 23.7 Å². The third kappa shape index (κ3) is 5.14. The van der Waals surface area contributed by atoms with E-state index in [0.717, 1.165) is 29.7 Å². The van der Waals surface area contributed by atoms with Gasteiger partial charge in [0.15, 0.2) is 0 Å². The summed E-state index contributed by atoms with van der Waals surface area (Å²) in [6.45, 7) is 6.30. The number of halogens is 3. The average Bonchev–Trinajstić information content (AvgIpc) is 3.17. The van der Waals surface area contributed by atoms with E-state index in [2.05, 4.69) is 30.8 Å². The van der Waals surface area contributed by atoms with Crippen LogP contribution in [0.3, 0.4) is 0 Å². The standard InChI is InChI=1S/C25H28F3N3O4S/c1-23(2,3)15-8-11-17-18(13-29)21(36-19(17)12-15)31-24(22(33)35-5,25(26,27)28)30-20(32)14-6-9-16(34-4)10-7-14/h6-7,9-10,15,31H,8,11-12H2,1-5H3,(H,30,32)/t15-,24-/m1/s1. The molecule has 0 spiro atoms. The number of carbonyl (C=O) groups excluding carboxylic acids is 2. The van der Waals surface area contributed by atoms with E-state index in [0.29, 0.717) is 24.2 Å². The average molecular weight is 524 g/mol. The minimum absolute atomic E-state index is 0.0177. The number of methoxy groups -OCH3 is 2. The van der Waals surface area contributed by atoms with Gasteiger partial charge in [-0.25, -0.2) is 4.79 Å². The Morgan fingerprint density at radius 3 is 2.28 bits per heavy atom. The smallest absolute Gasteiger partial charge is 0.441 e. The number of esters is 1. The fourth-order valence-electron chi connectivity index (χ4n) is 4.23. The van der Waals surface area contributed by atoms with Crippen molar-refractivity contribution in [2.75, 3.05) is 19.5 Å². The maximum atomic E-state index is 14.6. The van der Waals surface area contributed by atoms with E-state index in [9.17, 15) is 28.0 Å². The van der Waals surface area contributed by atoms with Gasteiger partial charge in [-0.3, -0.25) is 4.79 Å². The summed E-state index contributed by atoms with van der Waals surface area (Å²) in [4.78, 5) is 26.3. The number of alkyl halides is 3. The predicted octanol–water partition coefficient (Wildman–Crippen LogP) is 5.05. The zero-order valence-corrected chi connectivity index (χ0v) is 21.4. The Balaban J connectivity index is 2.05. The van der Waals surface area contributed by atoms with Crippen LogP contribution < -0.4 is 15.4 Å². The van der Waals surface area contributed by atoms with Crippen molar-refractivity contribution < 1.29 is 32.2 Å². The number of thiophene rings is 1. The second kappa shape index (κ2) is 10.0. The molecule has 0 radical (unpaired) electrons. The molecular formula is C25H28F3N3O4S. The first-order valence-corrected chi connectivity index (χ1v) is 12.0. The normalized spacial score (nSPS) is 17.2. The first kappa shape index (κ1) is 27.3. The van der Waals surface area contributed by atoms with Crippen molar-refractivity contribution in [3.05, 3.63) is 45.8 Å². The van der Waals surface area contributed by atoms with Gasteiger partial charge in [0.25, 0.3) is 5.91 Å². The van der Waals surface area contributed by atoms with E-state index in [-0.39, 0.29) is 27.5 Å². The molecule has 3 rings (SSSR count). The molecule has 2 N–H and O–H groups in total. The fraction of sp³-hybridized carbons (Fsp3) is 0.480. The van der Waals surface area contributed by atoms with E-state index in [1.807, 2.05) is 6.07 Å². The summed E-state index contributed by atoms with van der Waals surface area (Å²) in [5, 5.41) is 13.6. The van der Waals surface area contributed by atoms with E-state index in [1.54, 1.807) is 5.32 Å².